The van der Waals surface area contributed by atoms with Crippen LogP contribution in [0.25, 0.3) is 0 Å². The number of aliphatic hydroxyl groups is 2. The average molecular weight is 450 g/mol. The molecule has 0 saturated heterocycles. The normalized spacial score (nSPS) is 35.6. The van der Waals surface area contributed by atoms with Gasteiger partial charge in [-0.25, -0.2) is 0 Å². The highest BCUT2D eigenvalue weighted by molar-refractivity contribution is 5.95. The quantitative estimate of drug-likeness (QED) is 0.663. The van der Waals surface area contributed by atoms with Crippen molar-refractivity contribution in [2.45, 2.75) is 70.3 Å². The molecule has 33 heavy (non-hydrogen) atoms. The Morgan fingerprint density at radius 1 is 1.12 bits per heavy atom. The maximum absolute atomic E-state index is 12.8. The van der Waals surface area contributed by atoms with Gasteiger partial charge in [0.2, 0.25) is 0 Å². The standard InChI is InChI=1S/C29H39NO3/c1-29-17-24(18-6-9-21(10-7-18)30(2)3)28-22(25(29)12-13-27(29)33)11-8-19-16-26(32)20(5-4-14-31)15-23(19)28/h6-7,9-10,16,20,22,24-25,27,31,33H,4-5,8,11-15,17H2,1-3H3/t20?,22-,24+,25-,27+,29+/m0/s1. The van der Waals surface area contributed by atoms with Gasteiger partial charge in [-0.15, -0.1) is 0 Å². The van der Waals surface area contributed by atoms with Crippen LogP contribution in [-0.4, -0.2) is 42.8 Å². The summed E-state index contributed by atoms with van der Waals surface area (Å²) < 4.78 is 0. The van der Waals surface area contributed by atoms with Crippen LogP contribution >= 0.6 is 0 Å². The maximum Gasteiger partial charge on any atom is 0.159 e. The monoisotopic (exact) mass is 449 g/mol. The van der Waals surface area contributed by atoms with E-state index in [4.69, 9.17) is 0 Å². The molecule has 4 aliphatic carbocycles. The van der Waals surface area contributed by atoms with E-state index in [0.717, 1.165) is 44.9 Å². The summed E-state index contributed by atoms with van der Waals surface area (Å²) in [5, 5.41) is 20.4. The van der Waals surface area contributed by atoms with Gasteiger partial charge < -0.3 is 15.1 Å². The molecule has 4 nitrogen and oxygen atoms in total. The lowest BCUT2D eigenvalue weighted by atomic mass is 9.53. The van der Waals surface area contributed by atoms with E-state index in [-0.39, 0.29) is 29.8 Å². The summed E-state index contributed by atoms with van der Waals surface area (Å²) >= 11 is 0. The molecule has 5 rings (SSSR count). The van der Waals surface area contributed by atoms with Crippen LogP contribution in [0.2, 0.25) is 0 Å². The number of rotatable bonds is 5. The highest BCUT2D eigenvalue weighted by Gasteiger charge is 2.56. The van der Waals surface area contributed by atoms with Crippen molar-refractivity contribution in [1.82, 2.24) is 0 Å². The van der Waals surface area contributed by atoms with Crippen LogP contribution in [-0.2, 0) is 4.79 Å². The van der Waals surface area contributed by atoms with Crippen LogP contribution in [0.5, 0.6) is 0 Å². The van der Waals surface area contributed by atoms with Gasteiger partial charge in [0.1, 0.15) is 0 Å². The highest BCUT2D eigenvalue weighted by atomic mass is 16.3. The van der Waals surface area contributed by atoms with E-state index in [0.29, 0.717) is 24.2 Å². The summed E-state index contributed by atoms with van der Waals surface area (Å²) in [5.74, 6) is 1.58. The average Bonchev–Trinajstić information content (AvgIpc) is 3.11. The number of hydrogen-bond donors (Lipinski definition) is 2. The van der Waals surface area contributed by atoms with Gasteiger partial charge in [0.25, 0.3) is 0 Å². The first-order valence-corrected chi connectivity index (χ1v) is 12.9. The van der Waals surface area contributed by atoms with E-state index in [1.807, 2.05) is 6.08 Å². The Morgan fingerprint density at radius 2 is 1.88 bits per heavy atom. The largest absolute Gasteiger partial charge is 0.396 e. The fourth-order valence-electron chi connectivity index (χ4n) is 7.58. The lowest BCUT2D eigenvalue weighted by molar-refractivity contribution is -0.118. The van der Waals surface area contributed by atoms with Crippen LogP contribution in [0.1, 0.15) is 69.8 Å². The van der Waals surface area contributed by atoms with Crippen molar-refractivity contribution in [1.29, 1.82) is 0 Å². The lowest BCUT2D eigenvalue weighted by Gasteiger charge is -2.52. The van der Waals surface area contributed by atoms with Gasteiger partial charge in [0.05, 0.1) is 6.10 Å². The minimum absolute atomic E-state index is 0.00129. The molecule has 6 atom stereocenters. The molecule has 1 aromatic carbocycles. The molecule has 1 aromatic rings. The van der Waals surface area contributed by atoms with Crippen molar-refractivity contribution >= 4 is 11.5 Å². The van der Waals surface area contributed by atoms with Crippen molar-refractivity contribution in [2.24, 2.45) is 23.2 Å². The Bertz CT molecular complexity index is 975. The molecule has 0 bridgehead atoms. The molecule has 0 heterocycles. The molecule has 2 saturated carbocycles. The summed E-state index contributed by atoms with van der Waals surface area (Å²) in [4.78, 5) is 15.0. The topological polar surface area (TPSA) is 60.8 Å². The van der Waals surface area contributed by atoms with Gasteiger partial charge in [0.15, 0.2) is 5.78 Å². The number of hydrogen-bond acceptors (Lipinski definition) is 4. The lowest BCUT2D eigenvalue weighted by Crippen LogP contribution is -2.45. The molecule has 0 aromatic heterocycles. The third-order valence-corrected chi connectivity index (χ3v) is 9.42. The predicted molar refractivity (Wildman–Crippen MR) is 132 cm³/mol. The number of carbonyl (C=O) groups excluding carboxylic acids is 1. The van der Waals surface area contributed by atoms with Crippen LogP contribution in [0, 0.1) is 23.2 Å². The van der Waals surface area contributed by atoms with Gasteiger partial charge in [-0.05, 0) is 104 Å². The van der Waals surface area contributed by atoms with Gasteiger partial charge >= 0.3 is 0 Å². The molecule has 178 valence electrons. The molecule has 2 N–H and O–H groups in total. The molecular weight excluding hydrogens is 410 g/mol. The zero-order chi connectivity index (χ0) is 23.3. The van der Waals surface area contributed by atoms with E-state index in [9.17, 15) is 15.0 Å². The van der Waals surface area contributed by atoms with Crippen LogP contribution in [0.4, 0.5) is 5.69 Å². The smallest absolute Gasteiger partial charge is 0.159 e. The molecule has 2 fully saturated rings. The first kappa shape index (κ1) is 22.9. The van der Waals surface area contributed by atoms with Crippen molar-refractivity contribution in [3.05, 3.63) is 52.6 Å². The van der Waals surface area contributed by atoms with E-state index in [1.54, 1.807) is 5.57 Å². The third kappa shape index (κ3) is 3.80. The summed E-state index contributed by atoms with van der Waals surface area (Å²) in [5.41, 5.74) is 6.79. The van der Waals surface area contributed by atoms with Gasteiger partial charge in [0, 0.05) is 38.2 Å². The van der Waals surface area contributed by atoms with Crippen LogP contribution in [0.15, 0.2) is 47.1 Å². The molecular formula is C29H39NO3. The first-order valence-electron chi connectivity index (χ1n) is 12.9. The molecule has 4 aliphatic rings. The Morgan fingerprint density at radius 3 is 2.58 bits per heavy atom. The number of fused-ring (bicyclic) bond motifs is 4. The Labute approximate surface area is 198 Å². The number of ketones is 1. The van der Waals surface area contributed by atoms with Crippen molar-refractivity contribution < 1.29 is 15.0 Å². The van der Waals surface area contributed by atoms with Crippen molar-refractivity contribution in [2.75, 3.05) is 25.6 Å². The highest BCUT2D eigenvalue weighted by Crippen LogP contribution is 2.64. The number of carbonyl (C=O) groups is 1. The molecule has 4 heteroatoms. The minimum Gasteiger partial charge on any atom is -0.396 e. The Balaban J connectivity index is 1.61. The van der Waals surface area contributed by atoms with E-state index >= 15 is 0 Å². The van der Waals surface area contributed by atoms with Gasteiger partial charge in [-0.2, -0.15) is 0 Å². The summed E-state index contributed by atoms with van der Waals surface area (Å²) in [6.07, 6.45) is 9.08. The minimum atomic E-state index is -0.222. The molecule has 0 amide bonds. The predicted octanol–water partition coefficient (Wildman–Crippen LogP) is 5.01. The molecule has 0 aliphatic heterocycles. The summed E-state index contributed by atoms with van der Waals surface area (Å²) in [6.45, 7) is 2.48. The van der Waals surface area contributed by atoms with Crippen LogP contribution < -0.4 is 4.90 Å². The second-order valence-electron chi connectivity index (χ2n) is 11.4. The summed E-state index contributed by atoms with van der Waals surface area (Å²) in [7, 11) is 4.14. The van der Waals surface area contributed by atoms with E-state index in [1.165, 1.54) is 22.4 Å². The number of anilines is 1. The van der Waals surface area contributed by atoms with E-state index < -0.39 is 0 Å². The first-order chi connectivity index (χ1) is 15.8. The molecule has 0 spiro atoms. The maximum atomic E-state index is 12.8. The Hall–Kier alpha value is -1.91. The van der Waals surface area contributed by atoms with Gasteiger partial charge in [-0.1, -0.05) is 24.6 Å². The fraction of sp³-hybridized carbons (Fsp3) is 0.621. The zero-order valence-electron chi connectivity index (χ0n) is 20.4. The number of allylic oxidation sites excluding steroid dienone is 4. The third-order valence-electron chi connectivity index (χ3n) is 9.42. The summed E-state index contributed by atoms with van der Waals surface area (Å²) in [6, 6.07) is 8.99. The second-order valence-corrected chi connectivity index (χ2v) is 11.4. The number of aliphatic hydroxyl groups excluding tert-OH is 2. The number of nitrogens with zero attached hydrogens (tertiary/aromatic N) is 1. The van der Waals surface area contributed by atoms with Gasteiger partial charge in [-0.3, -0.25) is 4.79 Å². The van der Waals surface area contributed by atoms with Crippen LogP contribution in [0.3, 0.4) is 0 Å². The zero-order valence-corrected chi connectivity index (χ0v) is 20.4. The number of benzene rings is 1. The van der Waals surface area contributed by atoms with Crippen molar-refractivity contribution in [3.8, 4) is 0 Å². The molecule has 1 unspecified atom stereocenters. The second kappa shape index (κ2) is 8.70. The Kier molecular flexibility index (Phi) is 6.03. The van der Waals surface area contributed by atoms with Crippen molar-refractivity contribution in [3.63, 3.8) is 0 Å². The fourth-order valence-corrected chi connectivity index (χ4v) is 7.58. The SMILES string of the molecule is CN(C)c1ccc([C@H]2C[C@@]3(C)[C@H](O)CC[C@H]3[C@@H]3CCC4=CC(=O)C(CCCO)CC4=C32)cc1. The molecule has 0 radical (unpaired) electrons. The van der Waals surface area contributed by atoms with E-state index in [2.05, 4.69) is 50.2 Å².